The number of rotatable bonds is 10. The van der Waals surface area contributed by atoms with Gasteiger partial charge in [0.15, 0.2) is 5.13 Å². The number of carbonyl (C=O) groups excluding carboxylic acids is 3. The zero-order chi connectivity index (χ0) is 28.9. The number of carboxylic acid groups (broad SMARTS) is 1. The minimum Gasteiger partial charge on any atom is -0.478 e. The second-order valence-corrected chi connectivity index (χ2v) is 11.4. The third-order valence-corrected chi connectivity index (χ3v) is 8.64. The maximum Gasteiger partial charge on any atom is 0.338 e. The SMILES string of the molecule is CCOC(=O)Cc1csc(NC(=O)C(C)Sc2ccc(NC(=O)c3c(Cl)c(Cl)c(Cl)c(Cl)c3C(=O)O)cc2)n1. The van der Waals surface area contributed by atoms with Crippen LogP contribution in [0.25, 0.3) is 0 Å². The number of anilines is 2. The van der Waals surface area contributed by atoms with Crippen molar-refractivity contribution in [1.82, 2.24) is 4.98 Å². The topological polar surface area (TPSA) is 135 Å². The average molecular weight is 651 g/mol. The Balaban J connectivity index is 1.64. The predicted molar refractivity (Wildman–Crippen MR) is 154 cm³/mol. The van der Waals surface area contributed by atoms with Gasteiger partial charge in [0.1, 0.15) is 0 Å². The Kier molecular flexibility index (Phi) is 10.9. The summed E-state index contributed by atoms with van der Waals surface area (Å²) in [5.41, 5.74) is -0.173. The van der Waals surface area contributed by atoms with Gasteiger partial charge in [0.05, 0.1) is 55.2 Å². The Labute approximate surface area is 251 Å². The summed E-state index contributed by atoms with van der Waals surface area (Å²) in [4.78, 5) is 53.8. The second kappa shape index (κ2) is 13.7. The molecule has 1 aromatic heterocycles. The van der Waals surface area contributed by atoms with E-state index >= 15 is 0 Å². The number of carboxylic acids is 1. The summed E-state index contributed by atoms with van der Waals surface area (Å²) in [6.45, 7) is 3.71. The van der Waals surface area contributed by atoms with Gasteiger partial charge in [-0.05, 0) is 38.1 Å². The van der Waals surface area contributed by atoms with Gasteiger partial charge < -0.3 is 20.5 Å². The monoisotopic (exact) mass is 649 g/mol. The standard InChI is InChI=1S/C24H19Cl4N3O6S2/c1-3-37-14(32)8-12-9-38-24(30-12)31-21(33)10(2)39-13-6-4-11(5-7-13)29-22(34)15-16(23(35)36)18(26)20(28)19(27)17(15)25/h4-7,9-10H,3,8H2,1-2H3,(H,29,34)(H,35,36)(H,30,31,33). The van der Waals surface area contributed by atoms with Gasteiger partial charge in [-0.2, -0.15) is 0 Å². The summed E-state index contributed by atoms with van der Waals surface area (Å²) >= 11 is 26.5. The highest BCUT2D eigenvalue weighted by atomic mass is 35.5. The van der Waals surface area contributed by atoms with Crippen LogP contribution in [0.3, 0.4) is 0 Å². The van der Waals surface area contributed by atoms with Crippen LogP contribution < -0.4 is 10.6 Å². The fourth-order valence-corrected chi connectivity index (χ4v) is 5.73. The predicted octanol–water partition coefficient (Wildman–Crippen LogP) is 6.93. The zero-order valence-corrected chi connectivity index (χ0v) is 24.8. The molecule has 3 aromatic rings. The first-order valence-electron chi connectivity index (χ1n) is 11.0. The van der Waals surface area contributed by atoms with Gasteiger partial charge in [0.25, 0.3) is 5.91 Å². The third-order valence-electron chi connectivity index (χ3n) is 4.91. The van der Waals surface area contributed by atoms with Crippen molar-refractivity contribution in [2.45, 2.75) is 30.4 Å². The Hall–Kier alpha value is -2.54. The molecule has 9 nitrogen and oxygen atoms in total. The number of hydrogen-bond donors (Lipinski definition) is 3. The maximum absolute atomic E-state index is 12.9. The van der Waals surface area contributed by atoms with Crippen LogP contribution in [0.15, 0.2) is 34.5 Å². The van der Waals surface area contributed by atoms with Gasteiger partial charge in [0.2, 0.25) is 5.91 Å². The van der Waals surface area contributed by atoms with Crippen molar-refractivity contribution in [3.63, 3.8) is 0 Å². The first kappa shape index (κ1) is 31.0. The summed E-state index contributed by atoms with van der Waals surface area (Å²) in [5, 5.41) is 15.1. The number of benzene rings is 2. The Morgan fingerprint density at radius 1 is 1.00 bits per heavy atom. The molecular weight excluding hydrogens is 632 g/mol. The molecule has 0 aliphatic carbocycles. The summed E-state index contributed by atoms with van der Waals surface area (Å²) in [7, 11) is 0. The number of nitrogens with zero attached hydrogens (tertiary/aromatic N) is 1. The molecule has 2 aromatic carbocycles. The lowest BCUT2D eigenvalue weighted by molar-refractivity contribution is -0.142. The molecule has 206 valence electrons. The minimum atomic E-state index is -1.50. The number of esters is 1. The average Bonchev–Trinajstić information content (AvgIpc) is 3.31. The highest BCUT2D eigenvalue weighted by Gasteiger charge is 2.29. The Morgan fingerprint density at radius 3 is 2.21 bits per heavy atom. The van der Waals surface area contributed by atoms with Gasteiger partial charge in [0, 0.05) is 16.0 Å². The fraction of sp³-hybridized carbons (Fsp3) is 0.208. The first-order chi connectivity index (χ1) is 18.4. The van der Waals surface area contributed by atoms with Crippen molar-refractivity contribution >= 4 is 104 Å². The van der Waals surface area contributed by atoms with E-state index < -0.39 is 39.2 Å². The lowest BCUT2D eigenvalue weighted by atomic mass is 10.1. The van der Waals surface area contributed by atoms with Crippen molar-refractivity contribution in [2.24, 2.45) is 0 Å². The van der Waals surface area contributed by atoms with Crippen LogP contribution in [0, 0.1) is 0 Å². The van der Waals surface area contributed by atoms with Gasteiger partial charge >= 0.3 is 11.9 Å². The molecule has 3 rings (SSSR count). The summed E-state index contributed by atoms with van der Waals surface area (Å²) < 4.78 is 4.89. The van der Waals surface area contributed by atoms with Crippen molar-refractivity contribution in [3.8, 4) is 0 Å². The quantitative estimate of drug-likeness (QED) is 0.0930. The molecule has 0 radical (unpaired) electrons. The molecule has 0 aliphatic heterocycles. The molecule has 1 heterocycles. The van der Waals surface area contributed by atoms with Crippen LogP contribution in [-0.4, -0.2) is 45.7 Å². The highest BCUT2D eigenvalue weighted by Crippen LogP contribution is 2.42. The lowest BCUT2D eigenvalue weighted by Crippen LogP contribution is -2.22. The number of ether oxygens (including phenoxy) is 1. The summed E-state index contributed by atoms with van der Waals surface area (Å²) in [6, 6.07) is 6.49. The van der Waals surface area contributed by atoms with E-state index in [0.717, 1.165) is 4.90 Å². The zero-order valence-electron chi connectivity index (χ0n) is 20.1. The molecule has 0 saturated heterocycles. The van der Waals surface area contributed by atoms with Crippen LogP contribution in [0.4, 0.5) is 10.8 Å². The van der Waals surface area contributed by atoms with E-state index in [1.54, 1.807) is 43.5 Å². The molecule has 1 atom stereocenters. The highest BCUT2D eigenvalue weighted by molar-refractivity contribution is 8.00. The van der Waals surface area contributed by atoms with E-state index in [9.17, 15) is 24.3 Å². The minimum absolute atomic E-state index is 0.0231. The molecule has 3 N–H and O–H groups in total. The molecule has 0 spiro atoms. The van der Waals surface area contributed by atoms with Gasteiger partial charge in [-0.3, -0.25) is 14.4 Å². The van der Waals surface area contributed by atoms with Crippen molar-refractivity contribution < 1.29 is 29.0 Å². The third kappa shape index (κ3) is 7.77. The van der Waals surface area contributed by atoms with E-state index in [1.165, 1.54) is 23.1 Å². The van der Waals surface area contributed by atoms with E-state index in [2.05, 4.69) is 15.6 Å². The molecule has 15 heteroatoms. The molecular formula is C24H19Cl4N3O6S2. The normalized spacial score (nSPS) is 11.5. The summed E-state index contributed by atoms with van der Waals surface area (Å²) in [6.07, 6.45) is 0.0231. The fourth-order valence-electron chi connectivity index (χ4n) is 3.13. The molecule has 2 amide bonds. The van der Waals surface area contributed by atoms with Crippen LogP contribution in [0.1, 0.15) is 40.3 Å². The number of aromatic nitrogens is 1. The van der Waals surface area contributed by atoms with E-state index in [1.807, 2.05) is 0 Å². The van der Waals surface area contributed by atoms with E-state index in [0.29, 0.717) is 16.5 Å². The molecule has 39 heavy (non-hydrogen) atoms. The lowest BCUT2D eigenvalue weighted by Gasteiger charge is -2.14. The van der Waals surface area contributed by atoms with Crippen molar-refractivity contribution in [1.29, 1.82) is 0 Å². The largest absolute Gasteiger partial charge is 0.478 e. The number of amides is 2. The van der Waals surface area contributed by atoms with Crippen LogP contribution in [0.2, 0.25) is 20.1 Å². The molecule has 0 fully saturated rings. The number of hydrogen-bond acceptors (Lipinski definition) is 8. The first-order valence-corrected chi connectivity index (χ1v) is 14.3. The van der Waals surface area contributed by atoms with Crippen molar-refractivity contribution in [2.75, 3.05) is 17.2 Å². The number of halogens is 4. The van der Waals surface area contributed by atoms with Gasteiger partial charge in [-0.15, -0.1) is 23.1 Å². The molecule has 1 unspecified atom stereocenters. The number of nitrogens with one attached hydrogen (secondary N) is 2. The molecule has 0 saturated carbocycles. The maximum atomic E-state index is 12.9. The second-order valence-electron chi connectivity index (χ2n) is 7.66. The number of thiazole rings is 1. The number of carbonyl (C=O) groups is 4. The van der Waals surface area contributed by atoms with Crippen LogP contribution in [0.5, 0.6) is 0 Å². The number of thioether (sulfide) groups is 1. The number of aromatic carboxylic acids is 1. The molecule has 0 aliphatic rings. The smallest absolute Gasteiger partial charge is 0.338 e. The van der Waals surface area contributed by atoms with Crippen LogP contribution in [-0.2, 0) is 20.7 Å². The van der Waals surface area contributed by atoms with Gasteiger partial charge in [-0.1, -0.05) is 46.4 Å². The summed E-state index contributed by atoms with van der Waals surface area (Å²) in [5.74, 6) is -3.04. The van der Waals surface area contributed by atoms with Gasteiger partial charge in [-0.25, -0.2) is 9.78 Å². The van der Waals surface area contributed by atoms with Crippen LogP contribution >= 0.6 is 69.5 Å². The molecule has 0 bridgehead atoms. The van der Waals surface area contributed by atoms with Crippen molar-refractivity contribution in [3.05, 3.63) is 66.6 Å². The Bertz CT molecular complexity index is 1430. The van der Waals surface area contributed by atoms with E-state index in [-0.39, 0.29) is 34.0 Å². The van der Waals surface area contributed by atoms with E-state index in [4.69, 9.17) is 51.1 Å². The Morgan fingerprint density at radius 2 is 1.62 bits per heavy atom.